The van der Waals surface area contributed by atoms with Crippen LogP contribution in [0.15, 0.2) is 24.4 Å². The van der Waals surface area contributed by atoms with Crippen LogP contribution in [0.3, 0.4) is 0 Å². The number of phenolic OH excluding ortho intramolecular Hbond substituents is 1. The Labute approximate surface area is 156 Å². The molecular formula is C18H23ClN2O5. The Morgan fingerprint density at radius 1 is 1.38 bits per heavy atom. The van der Waals surface area contributed by atoms with E-state index in [1.165, 1.54) is 12.3 Å². The van der Waals surface area contributed by atoms with E-state index in [-0.39, 0.29) is 29.8 Å². The summed E-state index contributed by atoms with van der Waals surface area (Å²) in [5, 5.41) is 34.3. The van der Waals surface area contributed by atoms with Crippen molar-refractivity contribution in [3.63, 3.8) is 0 Å². The smallest absolute Gasteiger partial charge is 0.407 e. The highest BCUT2D eigenvalue weighted by molar-refractivity contribution is 6.35. The zero-order valence-electron chi connectivity index (χ0n) is 14.9. The number of carbonyl (C=O) groups is 1. The minimum Gasteiger partial charge on any atom is -0.505 e. The van der Waals surface area contributed by atoms with Crippen LogP contribution in [0.2, 0.25) is 5.02 Å². The van der Waals surface area contributed by atoms with E-state index in [0.29, 0.717) is 10.4 Å². The molecule has 1 amide bonds. The molecule has 2 rings (SSSR count). The molecule has 7 nitrogen and oxygen atoms in total. The third-order valence-corrected chi connectivity index (χ3v) is 3.95. The predicted molar refractivity (Wildman–Crippen MR) is 98.2 cm³/mol. The Hall–Kier alpha value is -2.09. The highest BCUT2D eigenvalue weighted by atomic mass is 35.5. The number of ether oxygens (including phenoxy) is 1. The normalized spacial score (nSPS) is 14.1. The van der Waals surface area contributed by atoms with Crippen LogP contribution in [0.5, 0.6) is 5.75 Å². The van der Waals surface area contributed by atoms with Crippen LogP contribution in [0.25, 0.3) is 10.9 Å². The fraction of sp³-hybridized carbons (Fsp3) is 0.444. The lowest BCUT2D eigenvalue weighted by atomic mass is 9.99. The Balaban J connectivity index is 2.04. The molecule has 0 aliphatic heterocycles. The van der Waals surface area contributed by atoms with E-state index in [1.807, 2.05) is 0 Å². The summed E-state index contributed by atoms with van der Waals surface area (Å²) in [5.74, 6) is -0.239. The summed E-state index contributed by atoms with van der Waals surface area (Å²) in [4.78, 5) is 15.6. The maximum absolute atomic E-state index is 11.6. The Kier molecular flexibility index (Phi) is 6.28. The Morgan fingerprint density at radius 2 is 2.08 bits per heavy atom. The van der Waals surface area contributed by atoms with E-state index >= 15 is 0 Å². The number of aliphatic hydroxyl groups is 2. The number of benzene rings is 1. The van der Waals surface area contributed by atoms with Gasteiger partial charge in [0.15, 0.2) is 0 Å². The lowest BCUT2D eigenvalue weighted by molar-refractivity contribution is 0.0112. The molecule has 2 aromatic rings. The lowest BCUT2D eigenvalue weighted by Gasteiger charge is -2.22. The standard InChI is InChI=1S/C18H23ClN2O5/c1-18(2,3)26-17(25)21-8-6-13(22)15(23)11-9-12(19)10-5-4-7-20-14(10)16(11)24/h4-5,7,9,13,15,22-24H,6,8H2,1-3H3,(H,21,25). The van der Waals surface area contributed by atoms with Crippen molar-refractivity contribution in [2.75, 3.05) is 6.54 Å². The van der Waals surface area contributed by atoms with Crippen molar-refractivity contribution >= 4 is 28.6 Å². The Morgan fingerprint density at radius 3 is 2.73 bits per heavy atom. The average Bonchev–Trinajstić information content (AvgIpc) is 2.55. The maximum atomic E-state index is 11.6. The van der Waals surface area contributed by atoms with Crippen LogP contribution < -0.4 is 5.32 Å². The van der Waals surface area contributed by atoms with E-state index < -0.39 is 23.9 Å². The quantitative estimate of drug-likeness (QED) is 0.632. The molecule has 142 valence electrons. The fourth-order valence-corrected chi connectivity index (χ4v) is 2.70. The molecular weight excluding hydrogens is 360 g/mol. The number of aliphatic hydroxyl groups excluding tert-OH is 2. The number of alkyl carbamates (subject to hydrolysis) is 1. The first-order valence-corrected chi connectivity index (χ1v) is 8.57. The second kappa shape index (κ2) is 8.07. The zero-order chi connectivity index (χ0) is 19.5. The first kappa shape index (κ1) is 20.2. The molecule has 2 atom stereocenters. The number of aromatic nitrogens is 1. The number of carbonyl (C=O) groups excluding carboxylic acids is 1. The first-order chi connectivity index (χ1) is 12.1. The number of pyridine rings is 1. The van der Waals surface area contributed by atoms with E-state index in [2.05, 4.69) is 10.3 Å². The van der Waals surface area contributed by atoms with Crippen LogP contribution in [-0.4, -0.2) is 44.6 Å². The first-order valence-electron chi connectivity index (χ1n) is 8.19. The topological polar surface area (TPSA) is 112 Å². The molecule has 0 aliphatic carbocycles. The monoisotopic (exact) mass is 382 g/mol. The van der Waals surface area contributed by atoms with Crippen molar-refractivity contribution in [3.8, 4) is 5.75 Å². The predicted octanol–water partition coefficient (Wildman–Crippen LogP) is 2.90. The van der Waals surface area contributed by atoms with Gasteiger partial charge in [0, 0.05) is 23.7 Å². The molecule has 2 unspecified atom stereocenters. The van der Waals surface area contributed by atoms with Gasteiger partial charge in [0.1, 0.15) is 23.0 Å². The van der Waals surface area contributed by atoms with Gasteiger partial charge < -0.3 is 25.4 Å². The van der Waals surface area contributed by atoms with Gasteiger partial charge in [0.05, 0.1) is 11.1 Å². The molecule has 0 aliphatic rings. The number of phenols is 1. The van der Waals surface area contributed by atoms with Gasteiger partial charge in [-0.3, -0.25) is 4.98 Å². The van der Waals surface area contributed by atoms with Gasteiger partial charge in [0.2, 0.25) is 0 Å². The lowest BCUT2D eigenvalue weighted by Crippen LogP contribution is -2.34. The minimum atomic E-state index is -1.39. The molecule has 26 heavy (non-hydrogen) atoms. The largest absolute Gasteiger partial charge is 0.505 e. The Bertz CT molecular complexity index is 791. The summed E-state index contributed by atoms with van der Waals surface area (Å²) in [6, 6.07) is 4.78. The molecule has 0 radical (unpaired) electrons. The molecule has 0 bridgehead atoms. The molecule has 0 fully saturated rings. The number of rotatable bonds is 5. The number of hydrogen-bond acceptors (Lipinski definition) is 6. The minimum absolute atomic E-state index is 0.0533. The van der Waals surface area contributed by atoms with Crippen molar-refractivity contribution < 1.29 is 24.9 Å². The number of fused-ring (bicyclic) bond motifs is 1. The average molecular weight is 383 g/mol. The number of hydrogen-bond donors (Lipinski definition) is 4. The number of amides is 1. The van der Waals surface area contributed by atoms with E-state index in [9.17, 15) is 20.1 Å². The summed E-state index contributed by atoms with van der Waals surface area (Å²) in [7, 11) is 0. The summed E-state index contributed by atoms with van der Waals surface area (Å²) in [5.41, 5.74) is -0.304. The summed E-state index contributed by atoms with van der Waals surface area (Å²) in [6.45, 7) is 5.32. The van der Waals surface area contributed by atoms with Crippen molar-refractivity contribution in [1.29, 1.82) is 0 Å². The van der Waals surface area contributed by atoms with Gasteiger partial charge in [-0.05, 0) is 45.4 Å². The van der Waals surface area contributed by atoms with E-state index in [4.69, 9.17) is 16.3 Å². The molecule has 8 heteroatoms. The highest BCUT2D eigenvalue weighted by Gasteiger charge is 2.24. The number of aromatic hydroxyl groups is 1. The van der Waals surface area contributed by atoms with Crippen molar-refractivity contribution in [2.24, 2.45) is 0 Å². The maximum Gasteiger partial charge on any atom is 0.407 e. The van der Waals surface area contributed by atoms with Crippen molar-refractivity contribution in [1.82, 2.24) is 10.3 Å². The van der Waals surface area contributed by atoms with Crippen molar-refractivity contribution in [2.45, 2.75) is 45.0 Å². The fourth-order valence-electron chi connectivity index (χ4n) is 2.43. The van der Waals surface area contributed by atoms with E-state index in [0.717, 1.165) is 0 Å². The molecule has 1 aromatic heterocycles. The molecule has 1 heterocycles. The molecule has 4 N–H and O–H groups in total. The zero-order valence-corrected chi connectivity index (χ0v) is 15.6. The molecule has 0 saturated carbocycles. The number of nitrogens with one attached hydrogen (secondary N) is 1. The van der Waals surface area contributed by atoms with Gasteiger partial charge in [-0.1, -0.05) is 11.6 Å². The van der Waals surface area contributed by atoms with Crippen LogP contribution in [0.4, 0.5) is 4.79 Å². The third kappa shape index (κ3) is 4.97. The number of halogens is 1. The number of nitrogens with zero attached hydrogens (tertiary/aromatic N) is 1. The summed E-state index contributed by atoms with van der Waals surface area (Å²) in [6.07, 6.45) is -1.68. The van der Waals surface area contributed by atoms with Crippen LogP contribution in [-0.2, 0) is 4.74 Å². The SMILES string of the molecule is CC(C)(C)OC(=O)NCCC(O)C(O)c1cc(Cl)c2cccnc2c1O. The van der Waals surface area contributed by atoms with Gasteiger partial charge in [0.25, 0.3) is 0 Å². The molecule has 0 spiro atoms. The summed E-state index contributed by atoms with van der Waals surface area (Å²) >= 11 is 6.17. The second-order valence-corrected chi connectivity index (χ2v) is 7.33. The third-order valence-electron chi connectivity index (χ3n) is 3.64. The van der Waals surface area contributed by atoms with Crippen LogP contribution >= 0.6 is 11.6 Å². The van der Waals surface area contributed by atoms with Crippen molar-refractivity contribution in [3.05, 3.63) is 35.0 Å². The van der Waals surface area contributed by atoms with Gasteiger partial charge in [-0.25, -0.2) is 4.79 Å². The highest BCUT2D eigenvalue weighted by Crippen LogP contribution is 2.37. The molecule has 0 saturated heterocycles. The van der Waals surface area contributed by atoms with E-state index in [1.54, 1.807) is 32.9 Å². The molecule has 1 aromatic carbocycles. The van der Waals surface area contributed by atoms with Crippen LogP contribution in [0.1, 0.15) is 38.9 Å². The van der Waals surface area contributed by atoms with Gasteiger partial charge >= 0.3 is 6.09 Å². The van der Waals surface area contributed by atoms with Gasteiger partial charge in [-0.2, -0.15) is 0 Å². The summed E-state index contributed by atoms with van der Waals surface area (Å²) < 4.78 is 5.09. The van der Waals surface area contributed by atoms with Crippen LogP contribution in [0, 0.1) is 0 Å². The van der Waals surface area contributed by atoms with Gasteiger partial charge in [-0.15, -0.1) is 0 Å². The second-order valence-electron chi connectivity index (χ2n) is 6.93.